The maximum absolute atomic E-state index is 11.8. The van der Waals surface area contributed by atoms with Crippen molar-refractivity contribution in [1.29, 1.82) is 5.26 Å². The number of oxazole rings is 1. The van der Waals surface area contributed by atoms with E-state index in [0.717, 1.165) is 35.9 Å². The highest BCUT2D eigenvalue weighted by atomic mass is 35.5. The Morgan fingerprint density at radius 3 is 2.61 bits per heavy atom. The van der Waals surface area contributed by atoms with Crippen molar-refractivity contribution in [3.63, 3.8) is 0 Å². The standard InChI is InChI=1S/C23H23Cl2N3O4S/c1-23(2,17-10-18(25)19(27-12-17)5-4-8-24)16-6-7-20(15(9-16)11-26)31-13-21-22(28-14-32-21)33(3,29)30/h6-7,9-10,12,14H,4-5,8,13H2,1-3H3. The Morgan fingerprint density at radius 1 is 1.21 bits per heavy atom. The molecule has 3 rings (SSSR count). The topological polar surface area (TPSA) is 106 Å². The Kier molecular flexibility index (Phi) is 7.68. The van der Waals surface area contributed by atoms with Gasteiger partial charge in [-0.25, -0.2) is 13.4 Å². The monoisotopic (exact) mass is 507 g/mol. The molecule has 7 nitrogen and oxygen atoms in total. The van der Waals surface area contributed by atoms with Crippen molar-refractivity contribution in [2.24, 2.45) is 0 Å². The van der Waals surface area contributed by atoms with Crippen LogP contribution in [0.15, 0.2) is 46.3 Å². The molecule has 10 heteroatoms. The minimum atomic E-state index is -3.55. The predicted octanol–water partition coefficient (Wildman–Crippen LogP) is 5.07. The van der Waals surface area contributed by atoms with Crippen LogP contribution in [-0.2, 0) is 28.3 Å². The molecule has 0 aliphatic heterocycles. The van der Waals surface area contributed by atoms with Crippen LogP contribution < -0.4 is 4.74 Å². The van der Waals surface area contributed by atoms with Crippen molar-refractivity contribution in [3.8, 4) is 11.8 Å². The molecule has 0 saturated heterocycles. The van der Waals surface area contributed by atoms with Crippen LogP contribution in [0.3, 0.4) is 0 Å². The van der Waals surface area contributed by atoms with Gasteiger partial charge in [0.25, 0.3) is 0 Å². The number of nitrogens with zero attached hydrogens (tertiary/aromatic N) is 3. The molecule has 3 aromatic rings. The van der Waals surface area contributed by atoms with Crippen molar-refractivity contribution in [2.75, 3.05) is 12.1 Å². The van der Waals surface area contributed by atoms with Crippen molar-refractivity contribution < 1.29 is 17.6 Å². The van der Waals surface area contributed by atoms with Crippen LogP contribution in [0, 0.1) is 11.3 Å². The fourth-order valence-corrected chi connectivity index (χ4v) is 4.48. The fourth-order valence-electron chi connectivity index (χ4n) is 3.33. The SMILES string of the molecule is CC(C)(c1cnc(CCCCl)c(Cl)c1)c1ccc(OCc2ocnc2S(C)(=O)=O)c(C#N)c1. The lowest BCUT2D eigenvalue weighted by atomic mass is 9.78. The first kappa shape index (κ1) is 25.0. The highest BCUT2D eigenvalue weighted by molar-refractivity contribution is 7.90. The zero-order valence-corrected chi connectivity index (χ0v) is 20.8. The van der Waals surface area contributed by atoms with Gasteiger partial charge in [0.2, 0.25) is 0 Å². The lowest BCUT2D eigenvalue weighted by molar-refractivity contribution is 0.264. The second kappa shape index (κ2) is 10.1. The average Bonchev–Trinajstić information content (AvgIpc) is 3.26. The maximum Gasteiger partial charge on any atom is 0.200 e. The first-order valence-corrected chi connectivity index (χ1v) is 12.9. The van der Waals surface area contributed by atoms with E-state index in [2.05, 4.69) is 16.0 Å². The number of halogens is 2. The summed E-state index contributed by atoms with van der Waals surface area (Å²) in [5, 5.41) is 10.1. The summed E-state index contributed by atoms with van der Waals surface area (Å²) in [5.41, 5.74) is 2.39. The molecule has 0 radical (unpaired) electrons. The summed E-state index contributed by atoms with van der Waals surface area (Å²) in [6.45, 7) is 3.86. The zero-order chi connectivity index (χ0) is 24.2. The van der Waals surface area contributed by atoms with Gasteiger partial charge in [-0.05, 0) is 42.2 Å². The van der Waals surface area contributed by atoms with Gasteiger partial charge in [0.05, 0.1) is 16.3 Å². The number of nitriles is 1. The predicted molar refractivity (Wildman–Crippen MR) is 126 cm³/mol. The van der Waals surface area contributed by atoms with Crippen LogP contribution in [0.5, 0.6) is 5.75 Å². The number of benzene rings is 1. The molecule has 2 heterocycles. The van der Waals surface area contributed by atoms with E-state index in [9.17, 15) is 13.7 Å². The third-order valence-electron chi connectivity index (χ3n) is 5.32. The van der Waals surface area contributed by atoms with Crippen LogP contribution in [0.4, 0.5) is 0 Å². The summed E-state index contributed by atoms with van der Waals surface area (Å²) in [6, 6.07) is 9.29. The largest absolute Gasteiger partial charge is 0.484 e. The minimum absolute atomic E-state index is 0.0702. The fraction of sp³-hybridized carbons (Fsp3) is 0.348. The molecule has 0 spiro atoms. The van der Waals surface area contributed by atoms with Crippen LogP contribution >= 0.6 is 23.2 Å². The Balaban J connectivity index is 1.85. The summed E-state index contributed by atoms with van der Waals surface area (Å²) in [7, 11) is -3.55. The van der Waals surface area contributed by atoms with Gasteiger partial charge in [-0.3, -0.25) is 4.98 Å². The first-order chi connectivity index (χ1) is 15.6. The Hall–Kier alpha value is -2.60. The molecule has 0 unspecified atom stereocenters. The van der Waals surface area contributed by atoms with Gasteiger partial charge in [-0.2, -0.15) is 5.26 Å². The smallest absolute Gasteiger partial charge is 0.200 e. The second-order valence-electron chi connectivity index (χ2n) is 8.03. The molecule has 1 aromatic carbocycles. The van der Waals surface area contributed by atoms with E-state index in [-0.39, 0.29) is 17.4 Å². The minimum Gasteiger partial charge on any atom is -0.484 e. The molecular weight excluding hydrogens is 485 g/mol. The number of ether oxygens (including phenoxy) is 1. The third kappa shape index (κ3) is 5.67. The third-order valence-corrected chi connectivity index (χ3v) is 6.95. The van der Waals surface area contributed by atoms with Crippen molar-refractivity contribution >= 4 is 33.0 Å². The average molecular weight is 508 g/mol. The van der Waals surface area contributed by atoms with E-state index in [1.54, 1.807) is 18.3 Å². The summed E-state index contributed by atoms with van der Waals surface area (Å²) in [4.78, 5) is 8.24. The Labute approximate surface area is 203 Å². The van der Waals surface area contributed by atoms with Crippen LogP contribution in [0.2, 0.25) is 5.02 Å². The number of aryl methyl sites for hydroxylation is 1. The van der Waals surface area contributed by atoms with E-state index in [1.165, 1.54) is 0 Å². The quantitative estimate of drug-likeness (QED) is 0.371. The number of aromatic nitrogens is 2. The molecule has 33 heavy (non-hydrogen) atoms. The van der Waals surface area contributed by atoms with Crippen LogP contribution in [-0.4, -0.2) is 30.5 Å². The number of pyridine rings is 1. The summed E-state index contributed by atoms with van der Waals surface area (Å²) in [5.74, 6) is 0.920. The van der Waals surface area contributed by atoms with Crippen LogP contribution in [0.1, 0.15) is 48.4 Å². The summed E-state index contributed by atoms with van der Waals surface area (Å²) < 4.78 is 34.4. The number of hydrogen-bond donors (Lipinski definition) is 0. The molecule has 0 atom stereocenters. The summed E-state index contributed by atoms with van der Waals surface area (Å²) in [6.07, 6.45) is 5.38. The summed E-state index contributed by atoms with van der Waals surface area (Å²) >= 11 is 12.2. The molecule has 2 aromatic heterocycles. The Morgan fingerprint density at radius 2 is 1.97 bits per heavy atom. The normalized spacial score (nSPS) is 11.9. The second-order valence-corrected chi connectivity index (χ2v) is 10.8. The molecule has 0 aliphatic carbocycles. The lowest BCUT2D eigenvalue weighted by Crippen LogP contribution is -2.20. The number of rotatable bonds is 9. The van der Waals surface area contributed by atoms with Gasteiger partial charge in [-0.15, -0.1) is 11.6 Å². The highest BCUT2D eigenvalue weighted by Gasteiger charge is 2.26. The van der Waals surface area contributed by atoms with Crippen LogP contribution in [0.25, 0.3) is 0 Å². The molecule has 0 saturated carbocycles. The molecule has 0 N–H and O–H groups in total. The molecule has 0 amide bonds. The van der Waals surface area contributed by atoms with E-state index in [1.807, 2.05) is 26.0 Å². The van der Waals surface area contributed by atoms with Crippen molar-refractivity contribution in [2.45, 2.75) is 43.7 Å². The number of alkyl halides is 1. The van der Waals surface area contributed by atoms with Gasteiger partial charge in [0.15, 0.2) is 27.0 Å². The lowest BCUT2D eigenvalue weighted by Gasteiger charge is -2.27. The highest BCUT2D eigenvalue weighted by Crippen LogP contribution is 2.35. The molecule has 0 aliphatic rings. The Bertz CT molecular complexity index is 1300. The number of sulfone groups is 1. The van der Waals surface area contributed by atoms with Gasteiger partial charge in [0, 0.05) is 23.7 Å². The molecule has 0 fully saturated rings. The van der Waals surface area contributed by atoms with Gasteiger partial charge in [0.1, 0.15) is 18.4 Å². The van der Waals surface area contributed by atoms with Gasteiger partial charge < -0.3 is 9.15 Å². The first-order valence-electron chi connectivity index (χ1n) is 10.1. The van der Waals surface area contributed by atoms with E-state index < -0.39 is 15.3 Å². The number of hydrogen-bond acceptors (Lipinski definition) is 7. The van der Waals surface area contributed by atoms with E-state index >= 15 is 0 Å². The van der Waals surface area contributed by atoms with E-state index in [0.29, 0.717) is 28.6 Å². The van der Waals surface area contributed by atoms with Crippen molar-refractivity contribution in [3.05, 3.63) is 70.0 Å². The zero-order valence-electron chi connectivity index (χ0n) is 18.4. The van der Waals surface area contributed by atoms with Crippen molar-refractivity contribution in [1.82, 2.24) is 9.97 Å². The molecule has 0 bridgehead atoms. The molecule has 174 valence electrons. The van der Waals surface area contributed by atoms with E-state index in [4.69, 9.17) is 32.4 Å². The molecular formula is C23H23Cl2N3O4S. The van der Waals surface area contributed by atoms with Gasteiger partial charge in [-0.1, -0.05) is 31.5 Å². The van der Waals surface area contributed by atoms with Gasteiger partial charge >= 0.3 is 0 Å². The maximum atomic E-state index is 11.8.